The van der Waals surface area contributed by atoms with E-state index in [0.717, 1.165) is 25.9 Å². The van der Waals surface area contributed by atoms with E-state index in [-0.39, 0.29) is 24.3 Å². The normalized spacial score (nSPS) is 18.8. The molecule has 0 aliphatic carbocycles. The van der Waals surface area contributed by atoms with Crippen molar-refractivity contribution in [2.45, 2.75) is 25.3 Å². The van der Waals surface area contributed by atoms with Crippen molar-refractivity contribution < 1.29 is 9.59 Å². The second kappa shape index (κ2) is 7.33. The Morgan fingerprint density at radius 2 is 1.90 bits per heavy atom. The van der Waals surface area contributed by atoms with E-state index in [9.17, 15) is 9.59 Å². The number of hydrogen-bond donors (Lipinski definition) is 1. The molecule has 1 atom stereocenters. The molecule has 5 nitrogen and oxygen atoms in total. The molecule has 1 aromatic rings. The molecule has 0 bridgehead atoms. The lowest BCUT2D eigenvalue weighted by atomic mass is 10.2. The summed E-state index contributed by atoms with van der Waals surface area (Å²) in [6.45, 7) is 1.80. The maximum Gasteiger partial charge on any atom is 0.251 e. The van der Waals surface area contributed by atoms with Gasteiger partial charge in [0.15, 0.2) is 0 Å². The van der Waals surface area contributed by atoms with E-state index in [1.807, 2.05) is 32.3 Å². The number of para-hydroxylation sites is 1. The second-order valence-electron chi connectivity index (χ2n) is 5.62. The minimum Gasteiger partial charge on any atom is -0.309 e. The summed E-state index contributed by atoms with van der Waals surface area (Å²) < 4.78 is 0. The molecule has 114 valence electrons. The van der Waals surface area contributed by atoms with Crippen LogP contribution in [0.2, 0.25) is 0 Å². The Labute approximate surface area is 125 Å². The predicted octanol–water partition coefficient (Wildman–Crippen LogP) is 1.25. The number of nitrogens with one attached hydrogen (secondary N) is 1. The summed E-state index contributed by atoms with van der Waals surface area (Å²) >= 11 is 0. The molecule has 1 N–H and O–H groups in total. The Balaban J connectivity index is 1.84. The average molecular weight is 289 g/mol. The Morgan fingerprint density at radius 1 is 1.19 bits per heavy atom. The van der Waals surface area contributed by atoms with Crippen LogP contribution in [0.4, 0.5) is 5.69 Å². The monoisotopic (exact) mass is 289 g/mol. The van der Waals surface area contributed by atoms with Gasteiger partial charge in [0.05, 0.1) is 18.2 Å². The summed E-state index contributed by atoms with van der Waals surface area (Å²) in [7, 11) is 4.09. The van der Waals surface area contributed by atoms with Crippen molar-refractivity contribution >= 4 is 17.5 Å². The van der Waals surface area contributed by atoms with Crippen molar-refractivity contribution in [1.82, 2.24) is 10.2 Å². The van der Waals surface area contributed by atoms with Crippen molar-refractivity contribution in [3.05, 3.63) is 30.3 Å². The van der Waals surface area contributed by atoms with E-state index >= 15 is 0 Å². The minimum atomic E-state index is -0.378. The highest BCUT2D eigenvalue weighted by molar-refractivity contribution is 6.22. The fourth-order valence-corrected chi connectivity index (χ4v) is 2.47. The zero-order valence-electron chi connectivity index (χ0n) is 12.7. The molecule has 1 aromatic carbocycles. The summed E-state index contributed by atoms with van der Waals surface area (Å²) in [5, 5.41) is 3.20. The van der Waals surface area contributed by atoms with E-state index in [4.69, 9.17) is 0 Å². The first kappa shape index (κ1) is 15.7. The van der Waals surface area contributed by atoms with Gasteiger partial charge in [-0.1, -0.05) is 18.2 Å². The average Bonchev–Trinajstić information content (AvgIpc) is 2.74. The van der Waals surface area contributed by atoms with Crippen LogP contribution in [0, 0.1) is 0 Å². The molecule has 21 heavy (non-hydrogen) atoms. The first-order chi connectivity index (χ1) is 10.1. The first-order valence-electron chi connectivity index (χ1n) is 7.39. The molecule has 0 radical (unpaired) electrons. The number of amides is 2. The minimum absolute atomic E-state index is 0.128. The van der Waals surface area contributed by atoms with Crippen LogP contribution < -0.4 is 10.2 Å². The van der Waals surface area contributed by atoms with Crippen LogP contribution in [-0.2, 0) is 9.59 Å². The van der Waals surface area contributed by atoms with Crippen LogP contribution in [-0.4, -0.2) is 49.9 Å². The number of carbonyl (C=O) groups excluding carboxylic acids is 2. The quantitative estimate of drug-likeness (QED) is 0.606. The van der Waals surface area contributed by atoms with Gasteiger partial charge in [0.25, 0.3) is 5.91 Å². The lowest BCUT2D eigenvalue weighted by molar-refractivity contribution is -0.121. The molecular weight excluding hydrogens is 266 g/mol. The molecule has 1 fully saturated rings. The molecule has 0 aromatic heterocycles. The number of unbranched alkanes of at least 4 members (excludes halogenated alkanes) is 1. The van der Waals surface area contributed by atoms with E-state index < -0.39 is 0 Å². The van der Waals surface area contributed by atoms with E-state index in [1.54, 1.807) is 12.1 Å². The fraction of sp³-hybridized carbons (Fsp3) is 0.500. The van der Waals surface area contributed by atoms with Gasteiger partial charge in [0.1, 0.15) is 0 Å². The lowest BCUT2D eigenvalue weighted by Crippen LogP contribution is -2.39. The molecule has 1 aliphatic rings. The SMILES string of the molecule is CN(C)CCCCNC1CC(=O)N(c2ccccc2)C1=O. The highest BCUT2D eigenvalue weighted by atomic mass is 16.2. The first-order valence-corrected chi connectivity index (χ1v) is 7.39. The Morgan fingerprint density at radius 3 is 2.57 bits per heavy atom. The van der Waals surface area contributed by atoms with Gasteiger partial charge in [-0.05, 0) is 52.2 Å². The summed E-state index contributed by atoms with van der Waals surface area (Å²) in [6.07, 6.45) is 2.33. The van der Waals surface area contributed by atoms with Gasteiger partial charge in [0, 0.05) is 0 Å². The predicted molar refractivity (Wildman–Crippen MR) is 83.1 cm³/mol. The van der Waals surface area contributed by atoms with Gasteiger partial charge in [-0.3, -0.25) is 9.59 Å². The number of benzene rings is 1. The summed E-state index contributed by atoms with van der Waals surface area (Å²) in [4.78, 5) is 27.8. The Hall–Kier alpha value is -1.72. The molecule has 1 heterocycles. The molecule has 0 saturated carbocycles. The van der Waals surface area contributed by atoms with E-state index in [1.165, 1.54) is 4.90 Å². The highest BCUT2D eigenvalue weighted by Crippen LogP contribution is 2.22. The van der Waals surface area contributed by atoms with Crippen LogP contribution in [0.1, 0.15) is 19.3 Å². The van der Waals surface area contributed by atoms with E-state index in [2.05, 4.69) is 10.2 Å². The zero-order valence-corrected chi connectivity index (χ0v) is 12.7. The lowest BCUT2D eigenvalue weighted by Gasteiger charge is -2.15. The summed E-state index contributed by atoms with van der Waals surface area (Å²) in [5.41, 5.74) is 0.657. The zero-order chi connectivity index (χ0) is 15.2. The van der Waals surface area contributed by atoms with Crippen molar-refractivity contribution in [2.75, 3.05) is 32.1 Å². The van der Waals surface area contributed by atoms with Crippen LogP contribution in [0.15, 0.2) is 30.3 Å². The van der Waals surface area contributed by atoms with Gasteiger partial charge in [0.2, 0.25) is 5.91 Å². The number of imide groups is 1. The van der Waals surface area contributed by atoms with Gasteiger partial charge in [-0.25, -0.2) is 4.90 Å². The maximum absolute atomic E-state index is 12.3. The standard InChI is InChI=1S/C16H23N3O2/c1-18(2)11-7-6-10-17-14-12-15(20)19(16(14)21)13-8-4-3-5-9-13/h3-5,8-9,14,17H,6-7,10-12H2,1-2H3. The maximum atomic E-state index is 12.3. The van der Waals surface area contributed by atoms with Crippen molar-refractivity contribution in [2.24, 2.45) is 0 Å². The highest BCUT2D eigenvalue weighted by Gasteiger charge is 2.38. The van der Waals surface area contributed by atoms with Crippen molar-refractivity contribution in [3.63, 3.8) is 0 Å². The number of rotatable bonds is 7. The Bertz CT molecular complexity index is 488. The topological polar surface area (TPSA) is 52.7 Å². The van der Waals surface area contributed by atoms with Crippen LogP contribution >= 0.6 is 0 Å². The fourth-order valence-electron chi connectivity index (χ4n) is 2.47. The van der Waals surface area contributed by atoms with Gasteiger partial charge in [-0.15, -0.1) is 0 Å². The molecule has 0 spiro atoms. The number of hydrogen-bond acceptors (Lipinski definition) is 4. The summed E-state index contributed by atoms with van der Waals surface area (Å²) in [5.74, 6) is -0.268. The Kier molecular flexibility index (Phi) is 5.47. The molecule has 1 saturated heterocycles. The van der Waals surface area contributed by atoms with Crippen LogP contribution in [0.5, 0.6) is 0 Å². The molecule has 2 amide bonds. The number of nitrogens with zero attached hydrogens (tertiary/aromatic N) is 2. The molecule has 1 aliphatic heterocycles. The molecule has 1 unspecified atom stereocenters. The molecule has 5 heteroatoms. The second-order valence-corrected chi connectivity index (χ2v) is 5.62. The third-order valence-corrected chi connectivity index (χ3v) is 3.58. The largest absolute Gasteiger partial charge is 0.309 e. The molecular formula is C16H23N3O2. The van der Waals surface area contributed by atoms with Gasteiger partial charge < -0.3 is 10.2 Å². The van der Waals surface area contributed by atoms with E-state index in [0.29, 0.717) is 5.69 Å². The van der Waals surface area contributed by atoms with Crippen molar-refractivity contribution in [3.8, 4) is 0 Å². The van der Waals surface area contributed by atoms with Gasteiger partial charge in [-0.2, -0.15) is 0 Å². The molecule has 2 rings (SSSR count). The third-order valence-electron chi connectivity index (χ3n) is 3.58. The van der Waals surface area contributed by atoms with Crippen LogP contribution in [0.25, 0.3) is 0 Å². The third kappa shape index (κ3) is 4.12. The number of carbonyl (C=O) groups is 2. The summed E-state index contributed by atoms with van der Waals surface area (Å²) in [6, 6.07) is 8.73. The smallest absolute Gasteiger partial charge is 0.251 e. The van der Waals surface area contributed by atoms with Gasteiger partial charge >= 0.3 is 0 Å². The van der Waals surface area contributed by atoms with Crippen molar-refractivity contribution in [1.29, 1.82) is 0 Å². The number of anilines is 1. The van der Waals surface area contributed by atoms with Crippen LogP contribution in [0.3, 0.4) is 0 Å².